The zero-order valence-corrected chi connectivity index (χ0v) is 7.51. The summed E-state index contributed by atoms with van der Waals surface area (Å²) in [5.41, 5.74) is 0. The minimum Gasteiger partial charge on any atom is -0.298 e. The van der Waals surface area contributed by atoms with Gasteiger partial charge in [-0.05, 0) is 12.8 Å². The predicted molar refractivity (Wildman–Crippen MR) is 49.6 cm³/mol. The quantitative estimate of drug-likeness (QED) is 0.453. The van der Waals surface area contributed by atoms with E-state index in [1.165, 1.54) is 25.7 Å². The van der Waals surface area contributed by atoms with E-state index in [1.807, 2.05) is 0 Å². The lowest BCUT2D eigenvalue weighted by Gasteiger charge is -2.09. The number of hydrogen-bond acceptors (Lipinski definition) is 1. The van der Waals surface area contributed by atoms with E-state index in [2.05, 4.69) is 5.92 Å². The molecule has 1 saturated carbocycles. The molecular formula is C11H16O. The molecule has 0 unspecified atom stereocenters. The fourth-order valence-electron chi connectivity index (χ4n) is 1.85. The summed E-state index contributed by atoms with van der Waals surface area (Å²) < 4.78 is 0. The van der Waals surface area contributed by atoms with Gasteiger partial charge in [-0.3, -0.25) is 4.79 Å². The first-order chi connectivity index (χ1) is 5.84. The lowest BCUT2D eigenvalue weighted by molar-refractivity contribution is -0.122. The van der Waals surface area contributed by atoms with Crippen molar-refractivity contribution < 1.29 is 4.79 Å². The molecule has 0 spiro atoms. The Kier molecular flexibility index (Phi) is 3.87. The Labute approximate surface area is 74.5 Å². The summed E-state index contributed by atoms with van der Waals surface area (Å²) in [6.45, 7) is 0. The lowest BCUT2D eigenvalue weighted by atomic mass is 9.94. The lowest BCUT2D eigenvalue weighted by Crippen LogP contribution is -2.12. The Bertz CT molecular complexity index is 180. The highest BCUT2D eigenvalue weighted by Gasteiger charge is 2.18. The second kappa shape index (κ2) is 4.98. The average Bonchev–Trinajstić information content (AvgIpc) is 2.32. The number of terminal acetylenes is 1. The van der Waals surface area contributed by atoms with Gasteiger partial charge in [-0.2, -0.15) is 0 Å². The van der Waals surface area contributed by atoms with Crippen LogP contribution >= 0.6 is 0 Å². The van der Waals surface area contributed by atoms with Gasteiger partial charge in [0.05, 0.1) is 6.42 Å². The summed E-state index contributed by atoms with van der Waals surface area (Å²) in [7, 11) is 0. The van der Waals surface area contributed by atoms with Gasteiger partial charge in [0.2, 0.25) is 0 Å². The second-order valence-electron chi connectivity index (χ2n) is 3.54. The predicted octanol–water partition coefficient (Wildman–Crippen LogP) is 2.55. The largest absolute Gasteiger partial charge is 0.298 e. The molecule has 1 fully saturated rings. The number of ketones is 1. The van der Waals surface area contributed by atoms with Crippen molar-refractivity contribution in [1.29, 1.82) is 0 Å². The van der Waals surface area contributed by atoms with E-state index in [-0.39, 0.29) is 5.92 Å². The third kappa shape index (κ3) is 2.70. The third-order valence-electron chi connectivity index (χ3n) is 2.59. The van der Waals surface area contributed by atoms with E-state index in [0.717, 1.165) is 12.8 Å². The van der Waals surface area contributed by atoms with Crippen LogP contribution in [-0.4, -0.2) is 5.78 Å². The zero-order valence-electron chi connectivity index (χ0n) is 7.51. The molecule has 0 atom stereocenters. The van der Waals surface area contributed by atoms with Gasteiger partial charge in [-0.1, -0.05) is 31.6 Å². The van der Waals surface area contributed by atoms with Crippen molar-refractivity contribution in [3.63, 3.8) is 0 Å². The van der Waals surface area contributed by atoms with E-state index < -0.39 is 0 Å². The number of carbonyl (C=O) groups excluding carboxylic acids is 1. The number of carbonyl (C=O) groups is 1. The SMILES string of the molecule is C#CCC(=O)C1CCCCCC1. The zero-order chi connectivity index (χ0) is 8.81. The van der Waals surface area contributed by atoms with Gasteiger partial charge in [-0.15, -0.1) is 6.42 Å². The van der Waals surface area contributed by atoms with E-state index in [4.69, 9.17) is 6.42 Å². The van der Waals surface area contributed by atoms with Crippen molar-refractivity contribution in [2.75, 3.05) is 0 Å². The van der Waals surface area contributed by atoms with Crippen LogP contribution in [0.2, 0.25) is 0 Å². The van der Waals surface area contributed by atoms with Crippen molar-refractivity contribution in [2.45, 2.75) is 44.9 Å². The van der Waals surface area contributed by atoms with Crippen LogP contribution in [-0.2, 0) is 4.79 Å². The molecule has 1 aliphatic carbocycles. The molecule has 1 aliphatic rings. The van der Waals surface area contributed by atoms with E-state index in [9.17, 15) is 4.79 Å². The van der Waals surface area contributed by atoms with Gasteiger partial charge in [0.1, 0.15) is 5.78 Å². The molecule has 0 aromatic rings. The maximum absolute atomic E-state index is 11.4. The Hall–Kier alpha value is -0.770. The molecule has 1 rings (SSSR count). The molecule has 0 radical (unpaired) electrons. The van der Waals surface area contributed by atoms with Gasteiger partial charge in [0.25, 0.3) is 0 Å². The Morgan fingerprint density at radius 2 is 1.83 bits per heavy atom. The van der Waals surface area contributed by atoms with Crippen molar-refractivity contribution in [3.8, 4) is 12.3 Å². The first kappa shape index (κ1) is 9.32. The highest BCUT2D eigenvalue weighted by molar-refractivity contribution is 5.83. The molecule has 66 valence electrons. The summed E-state index contributed by atoms with van der Waals surface area (Å²) in [6.07, 6.45) is 12.6. The summed E-state index contributed by atoms with van der Waals surface area (Å²) in [5.74, 6) is 3.01. The van der Waals surface area contributed by atoms with Crippen molar-refractivity contribution in [1.82, 2.24) is 0 Å². The summed E-state index contributed by atoms with van der Waals surface area (Å²) in [4.78, 5) is 11.4. The van der Waals surface area contributed by atoms with Crippen LogP contribution in [0, 0.1) is 18.3 Å². The normalized spacial score (nSPS) is 19.6. The van der Waals surface area contributed by atoms with Gasteiger partial charge < -0.3 is 0 Å². The van der Waals surface area contributed by atoms with Crippen molar-refractivity contribution in [3.05, 3.63) is 0 Å². The van der Waals surface area contributed by atoms with Gasteiger partial charge in [0, 0.05) is 5.92 Å². The molecule has 0 N–H and O–H groups in total. The number of Topliss-reactive ketones (excluding diaryl/α,β-unsaturated/α-hetero) is 1. The maximum atomic E-state index is 11.4. The average molecular weight is 164 g/mol. The summed E-state index contributed by atoms with van der Waals surface area (Å²) in [6, 6.07) is 0. The van der Waals surface area contributed by atoms with Crippen LogP contribution < -0.4 is 0 Å². The van der Waals surface area contributed by atoms with Crippen LogP contribution in [0.3, 0.4) is 0 Å². The molecule has 0 bridgehead atoms. The first-order valence-electron chi connectivity index (χ1n) is 4.81. The van der Waals surface area contributed by atoms with Crippen LogP contribution in [0.4, 0.5) is 0 Å². The smallest absolute Gasteiger partial charge is 0.147 e. The van der Waals surface area contributed by atoms with Gasteiger partial charge >= 0.3 is 0 Å². The standard InChI is InChI=1S/C11H16O/c1-2-7-11(12)10-8-5-3-4-6-9-10/h1,10H,3-9H2. The maximum Gasteiger partial charge on any atom is 0.147 e. The van der Waals surface area contributed by atoms with Gasteiger partial charge in [-0.25, -0.2) is 0 Å². The molecule has 0 aromatic carbocycles. The molecule has 0 aromatic heterocycles. The number of rotatable bonds is 2. The van der Waals surface area contributed by atoms with Crippen molar-refractivity contribution >= 4 is 5.78 Å². The third-order valence-corrected chi connectivity index (χ3v) is 2.59. The molecule has 0 heterocycles. The molecule has 12 heavy (non-hydrogen) atoms. The molecule has 0 amide bonds. The molecular weight excluding hydrogens is 148 g/mol. The van der Waals surface area contributed by atoms with E-state index in [0.29, 0.717) is 12.2 Å². The van der Waals surface area contributed by atoms with Crippen LogP contribution in [0.15, 0.2) is 0 Å². The highest BCUT2D eigenvalue weighted by atomic mass is 16.1. The van der Waals surface area contributed by atoms with Crippen LogP contribution in [0.1, 0.15) is 44.9 Å². The highest BCUT2D eigenvalue weighted by Crippen LogP contribution is 2.24. The molecule has 0 aliphatic heterocycles. The van der Waals surface area contributed by atoms with Gasteiger partial charge in [0.15, 0.2) is 0 Å². The van der Waals surface area contributed by atoms with E-state index >= 15 is 0 Å². The monoisotopic (exact) mass is 164 g/mol. The molecule has 1 heteroatoms. The van der Waals surface area contributed by atoms with E-state index in [1.54, 1.807) is 0 Å². The summed E-state index contributed by atoms with van der Waals surface area (Å²) >= 11 is 0. The molecule has 0 saturated heterocycles. The topological polar surface area (TPSA) is 17.1 Å². The van der Waals surface area contributed by atoms with Crippen molar-refractivity contribution in [2.24, 2.45) is 5.92 Å². The fraction of sp³-hybridized carbons (Fsp3) is 0.727. The first-order valence-corrected chi connectivity index (χ1v) is 4.81. The Morgan fingerprint density at radius 3 is 2.33 bits per heavy atom. The number of hydrogen-bond donors (Lipinski definition) is 0. The fourth-order valence-corrected chi connectivity index (χ4v) is 1.85. The molecule has 1 nitrogen and oxygen atoms in total. The Morgan fingerprint density at radius 1 is 1.25 bits per heavy atom. The van der Waals surface area contributed by atoms with Crippen LogP contribution in [0.5, 0.6) is 0 Å². The minimum atomic E-state index is 0.281. The minimum absolute atomic E-state index is 0.281. The second-order valence-corrected chi connectivity index (χ2v) is 3.54. The van der Waals surface area contributed by atoms with Crippen LogP contribution in [0.25, 0.3) is 0 Å². The Balaban J connectivity index is 2.38. The summed E-state index contributed by atoms with van der Waals surface area (Å²) in [5, 5.41) is 0.